The van der Waals surface area contributed by atoms with Gasteiger partial charge in [-0.2, -0.15) is 5.10 Å². The molecule has 0 unspecified atom stereocenters. The van der Waals surface area contributed by atoms with Crippen molar-refractivity contribution in [2.75, 3.05) is 5.32 Å². The average Bonchev–Trinajstić information content (AvgIpc) is 2.94. The molecule has 0 aliphatic heterocycles. The predicted molar refractivity (Wildman–Crippen MR) is 71.1 cm³/mol. The van der Waals surface area contributed by atoms with Crippen LogP contribution in [0.2, 0.25) is 0 Å². The van der Waals surface area contributed by atoms with Gasteiger partial charge in [-0.1, -0.05) is 6.07 Å². The van der Waals surface area contributed by atoms with Crippen LogP contribution in [0.3, 0.4) is 0 Å². The summed E-state index contributed by atoms with van der Waals surface area (Å²) in [7, 11) is 0. The predicted octanol–water partition coefficient (Wildman–Crippen LogP) is 3.01. The van der Waals surface area contributed by atoms with Gasteiger partial charge in [-0.15, -0.1) is 0 Å². The van der Waals surface area contributed by atoms with Crippen LogP contribution in [0, 0.1) is 0 Å². The summed E-state index contributed by atoms with van der Waals surface area (Å²) in [5, 5.41) is 7.54. The van der Waals surface area contributed by atoms with Gasteiger partial charge < -0.3 is 5.32 Å². The van der Waals surface area contributed by atoms with Gasteiger partial charge in [0.1, 0.15) is 0 Å². The number of hydrogen-bond donors (Lipinski definition) is 1. The fraction of sp³-hybridized carbons (Fsp3) is 0. The van der Waals surface area contributed by atoms with E-state index in [4.69, 9.17) is 0 Å². The van der Waals surface area contributed by atoms with E-state index in [0.29, 0.717) is 0 Å². The molecule has 3 aromatic rings. The third kappa shape index (κ3) is 2.22. The van der Waals surface area contributed by atoms with Crippen molar-refractivity contribution in [3.63, 3.8) is 0 Å². The van der Waals surface area contributed by atoms with E-state index in [1.165, 1.54) is 0 Å². The van der Waals surface area contributed by atoms with Crippen LogP contribution in [0.5, 0.6) is 0 Å². The Balaban J connectivity index is 1.88. The summed E-state index contributed by atoms with van der Waals surface area (Å²) in [6, 6.07) is 13.9. The Labute approximate surface area is 105 Å². The normalized spacial score (nSPS) is 10.2. The molecule has 3 rings (SSSR count). The topological polar surface area (TPSA) is 42.7 Å². The fourth-order valence-electron chi connectivity index (χ4n) is 1.75. The zero-order valence-corrected chi connectivity index (χ0v) is 9.69. The molecule has 2 aromatic heterocycles. The molecule has 0 bridgehead atoms. The molecule has 0 aliphatic rings. The first-order valence-electron chi connectivity index (χ1n) is 5.69. The van der Waals surface area contributed by atoms with Crippen LogP contribution in [-0.4, -0.2) is 14.8 Å². The molecule has 2 heterocycles. The monoisotopic (exact) mass is 236 g/mol. The first-order chi connectivity index (χ1) is 8.92. The summed E-state index contributed by atoms with van der Waals surface area (Å²) < 4.78 is 1.83. The highest BCUT2D eigenvalue weighted by Crippen LogP contribution is 2.18. The van der Waals surface area contributed by atoms with Gasteiger partial charge in [0.2, 0.25) is 0 Å². The number of benzene rings is 1. The number of nitrogens with zero attached hydrogens (tertiary/aromatic N) is 3. The van der Waals surface area contributed by atoms with Crippen LogP contribution in [0.1, 0.15) is 0 Å². The highest BCUT2D eigenvalue weighted by atomic mass is 15.3. The Morgan fingerprint density at radius 3 is 2.56 bits per heavy atom. The maximum absolute atomic E-state index is 4.21. The zero-order chi connectivity index (χ0) is 12.2. The summed E-state index contributed by atoms with van der Waals surface area (Å²) in [6.45, 7) is 0. The largest absolute Gasteiger partial charge is 0.355 e. The first kappa shape index (κ1) is 10.5. The molecule has 0 amide bonds. The Morgan fingerprint density at radius 2 is 1.78 bits per heavy atom. The molecule has 0 saturated carbocycles. The molecule has 0 aliphatic carbocycles. The van der Waals surface area contributed by atoms with Crippen LogP contribution in [0.4, 0.5) is 11.4 Å². The van der Waals surface area contributed by atoms with Crippen molar-refractivity contribution < 1.29 is 0 Å². The van der Waals surface area contributed by atoms with E-state index in [1.54, 1.807) is 18.6 Å². The lowest BCUT2D eigenvalue weighted by Crippen LogP contribution is -1.96. The molecule has 18 heavy (non-hydrogen) atoms. The highest BCUT2D eigenvalue weighted by Gasteiger charge is 1.98. The van der Waals surface area contributed by atoms with Crippen molar-refractivity contribution >= 4 is 11.4 Å². The lowest BCUT2D eigenvalue weighted by atomic mass is 10.2. The number of hydrogen-bond acceptors (Lipinski definition) is 3. The Morgan fingerprint density at radius 1 is 0.889 bits per heavy atom. The van der Waals surface area contributed by atoms with Crippen molar-refractivity contribution in [3.8, 4) is 5.69 Å². The number of pyridine rings is 1. The van der Waals surface area contributed by atoms with E-state index in [-0.39, 0.29) is 0 Å². The molecule has 0 atom stereocenters. The number of anilines is 2. The van der Waals surface area contributed by atoms with Crippen LogP contribution in [0.25, 0.3) is 5.69 Å². The van der Waals surface area contributed by atoms with Crippen molar-refractivity contribution in [1.29, 1.82) is 0 Å². The quantitative estimate of drug-likeness (QED) is 0.760. The Bertz CT molecular complexity index is 617. The summed E-state index contributed by atoms with van der Waals surface area (Å²) >= 11 is 0. The minimum atomic E-state index is 1.02. The summed E-state index contributed by atoms with van der Waals surface area (Å²) in [5.41, 5.74) is 3.07. The Kier molecular flexibility index (Phi) is 2.75. The SMILES string of the molecule is c1cc(Nc2ccncc2)cc(-n2cccn2)c1. The van der Waals surface area contributed by atoms with Gasteiger partial charge >= 0.3 is 0 Å². The second kappa shape index (κ2) is 4.71. The molecule has 4 nitrogen and oxygen atoms in total. The van der Waals surface area contributed by atoms with Gasteiger partial charge in [0, 0.05) is 36.2 Å². The summed E-state index contributed by atoms with van der Waals surface area (Å²) in [6.07, 6.45) is 7.22. The molecule has 0 fully saturated rings. The van der Waals surface area contributed by atoms with Gasteiger partial charge in [-0.25, -0.2) is 4.68 Å². The van der Waals surface area contributed by atoms with Crippen LogP contribution in [0.15, 0.2) is 67.3 Å². The maximum Gasteiger partial charge on any atom is 0.0666 e. The molecule has 0 radical (unpaired) electrons. The third-order valence-corrected chi connectivity index (χ3v) is 2.58. The van der Waals surface area contributed by atoms with Gasteiger partial charge in [0.15, 0.2) is 0 Å². The van der Waals surface area contributed by atoms with E-state index >= 15 is 0 Å². The first-order valence-corrected chi connectivity index (χ1v) is 5.69. The summed E-state index contributed by atoms with van der Waals surface area (Å²) in [4.78, 5) is 3.99. The lowest BCUT2D eigenvalue weighted by Gasteiger charge is -2.08. The number of nitrogens with one attached hydrogen (secondary N) is 1. The molecular weight excluding hydrogens is 224 g/mol. The maximum atomic E-state index is 4.21. The zero-order valence-electron chi connectivity index (χ0n) is 9.69. The van der Waals surface area contributed by atoms with Crippen molar-refractivity contribution in [3.05, 3.63) is 67.3 Å². The smallest absolute Gasteiger partial charge is 0.0666 e. The highest BCUT2D eigenvalue weighted by molar-refractivity contribution is 5.61. The van der Waals surface area contributed by atoms with E-state index < -0.39 is 0 Å². The van der Waals surface area contributed by atoms with E-state index in [9.17, 15) is 0 Å². The van der Waals surface area contributed by atoms with Gasteiger partial charge in [0.05, 0.1) is 5.69 Å². The van der Waals surface area contributed by atoms with Gasteiger partial charge in [-0.05, 0) is 36.4 Å². The van der Waals surface area contributed by atoms with Crippen molar-refractivity contribution in [2.24, 2.45) is 0 Å². The van der Waals surface area contributed by atoms with Gasteiger partial charge in [0.25, 0.3) is 0 Å². The average molecular weight is 236 g/mol. The summed E-state index contributed by atoms with van der Waals surface area (Å²) in [5.74, 6) is 0. The standard InChI is InChI=1S/C14H12N4/c1-3-13(17-12-5-8-15-9-6-12)11-14(4-1)18-10-2-7-16-18/h1-11H,(H,15,17). The molecule has 4 heteroatoms. The minimum Gasteiger partial charge on any atom is -0.355 e. The minimum absolute atomic E-state index is 1.02. The lowest BCUT2D eigenvalue weighted by molar-refractivity contribution is 0.881. The molecule has 0 saturated heterocycles. The number of rotatable bonds is 3. The van der Waals surface area contributed by atoms with Crippen molar-refractivity contribution in [1.82, 2.24) is 14.8 Å². The van der Waals surface area contributed by atoms with Crippen LogP contribution >= 0.6 is 0 Å². The molecule has 0 spiro atoms. The van der Waals surface area contributed by atoms with E-state index in [0.717, 1.165) is 17.1 Å². The van der Waals surface area contributed by atoms with Gasteiger partial charge in [-0.3, -0.25) is 4.98 Å². The third-order valence-electron chi connectivity index (χ3n) is 2.58. The number of aromatic nitrogens is 3. The van der Waals surface area contributed by atoms with E-state index in [2.05, 4.69) is 15.4 Å². The second-order valence-corrected chi connectivity index (χ2v) is 3.86. The molecule has 88 valence electrons. The molecule has 1 N–H and O–H groups in total. The van der Waals surface area contributed by atoms with Crippen molar-refractivity contribution in [2.45, 2.75) is 0 Å². The molecular formula is C14H12N4. The van der Waals surface area contributed by atoms with Crippen LogP contribution < -0.4 is 5.32 Å². The Hall–Kier alpha value is -2.62. The second-order valence-electron chi connectivity index (χ2n) is 3.86. The van der Waals surface area contributed by atoms with E-state index in [1.807, 2.05) is 53.3 Å². The fourth-order valence-corrected chi connectivity index (χ4v) is 1.75. The van der Waals surface area contributed by atoms with Crippen LogP contribution in [-0.2, 0) is 0 Å². The molecule has 1 aromatic carbocycles.